The van der Waals surface area contributed by atoms with E-state index < -0.39 is 0 Å². The number of halogens is 2. The van der Waals surface area contributed by atoms with E-state index in [1.807, 2.05) is 18.2 Å². The number of nitrogens with one attached hydrogen (secondary N) is 1. The Balaban J connectivity index is 2.02. The van der Waals surface area contributed by atoms with Gasteiger partial charge in [0.1, 0.15) is 5.01 Å². The molecule has 0 bridgehead atoms. The Kier molecular flexibility index (Phi) is 4.55. The van der Waals surface area contributed by atoms with E-state index in [1.165, 1.54) is 23.4 Å². The Morgan fingerprint density at radius 3 is 2.76 bits per heavy atom. The summed E-state index contributed by atoms with van der Waals surface area (Å²) in [5.41, 5.74) is 2.20. The molecule has 112 valence electrons. The van der Waals surface area contributed by atoms with Crippen LogP contribution in [-0.2, 0) is 6.42 Å². The summed E-state index contributed by atoms with van der Waals surface area (Å²) in [6, 6.07) is 6.42. The first-order valence-corrected chi connectivity index (χ1v) is 8.83. The van der Waals surface area contributed by atoms with Gasteiger partial charge >= 0.3 is 0 Å². The maximum Gasteiger partial charge on any atom is 0.115 e. The van der Waals surface area contributed by atoms with Crippen molar-refractivity contribution in [2.75, 3.05) is 0 Å². The van der Waals surface area contributed by atoms with E-state index in [4.69, 9.17) is 28.2 Å². The Morgan fingerprint density at radius 2 is 2.14 bits per heavy atom. The first-order valence-electron chi connectivity index (χ1n) is 7.26. The maximum absolute atomic E-state index is 6.43. The fraction of sp³-hybridized carbons (Fsp3) is 0.438. The Labute approximate surface area is 139 Å². The normalized spacial score (nSPS) is 16.2. The highest BCUT2D eigenvalue weighted by Gasteiger charge is 2.29. The third kappa shape index (κ3) is 3.26. The first kappa shape index (κ1) is 15.3. The summed E-state index contributed by atoms with van der Waals surface area (Å²) in [6.07, 6.45) is 3.40. The second-order valence-corrected chi connectivity index (χ2v) is 7.45. The largest absolute Gasteiger partial charge is 0.301 e. The second-order valence-electron chi connectivity index (χ2n) is 5.43. The minimum absolute atomic E-state index is 0.0349. The Morgan fingerprint density at radius 1 is 1.38 bits per heavy atom. The van der Waals surface area contributed by atoms with Crippen LogP contribution in [0.4, 0.5) is 0 Å². The first-order chi connectivity index (χ1) is 10.1. The molecule has 0 amide bonds. The van der Waals surface area contributed by atoms with E-state index in [0.717, 1.165) is 17.0 Å². The van der Waals surface area contributed by atoms with E-state index in [9.17, 15) is 0 Å². The highest BCUT2D eigenvalue weighted by molar-refractivity contribution is 7.11. The molecule has 2 nitrogen and oxygen atoms in total. The summed E-state index contributed by atoms with van der Waals surface area (Å²) in [5.74, 6) is 0. The van der Waals surface area contributed by atoms with Crippen LogP contribution in [0.5, 0.6) is 0 Å². The Hall–Kier alpha value is -0.610. The fourth-order valence-electron chi connectivity index (χ4n) is 2.43. The zero-order valence-corrected chi connectivity index (χ0v) is 14.4. The number of rotatable bonds is 5. The van der Waals surface area contributed by atoms with Gasteiger partial charge in [-0.3, -0.25) is 0 Å². The number of benzene rings is 1. The molecule has 1 atom stereocenters. The van der Waals surface area contributed by atoms with Gasteiger partial charge in [-0.25, -0.2) is 4.98 Å². The third-order valence-electron chi connectivity index (χ3n) is 3.76. The van der Waals surface area contributed by atoms with Crippen molar-refractivity contribution in [1.29, 1.82) is 0 Å². The van der Waals surface area contributed by atoms with Gasteiger partial charge < -0.3 is 5.32 Å². The summed E-state index contributed by atoms with van der Waals surface area (Å²) in [4.78, 5) is 6.10. The summed E-state index contributed by atoms with van der Waals surface area (Å²) < 4.78 is 0. The van der Waals surface area contributed by atoms with Crippen molar-refractivity contribution in [3.63, 3.8) is 0 Å². The van der Waals surface area contributed by atoms with Gasteiger partial charge in [0.15, 0.2) is 0 Å². The van der Waals surface area contributed by atoms with Crippen molar-refractivity contribution < 1.29 is 0 Å². The molecule has 1 aliphatic carbocycles. The van der Waals surface area contributed by atoms with Crippen LogP contribution in [0.2, 0.25) is 10.0 Å². The monoisotopic (exact) mass is 340 g/mol. The van der Waals surface area contributed by atoms with Crippen LogP contribution < -0.4 is 5.32 Å². The molecule has 1 heterocycles. The molecule has 1 aromatic heterocycles. The summed E-state index contributed by atoms with van der Waals surface area (Å²) in [7, 11) is 0. The predicted molar refractivity (Wildman–Crippen MR) is 90.7 cm³/mol. The molecule has 3 rings (SSSR count). The lowest BCUT2D eigenvalue weighted by atomic mass is 10.1. The van der Waals surface area contributed by atoms with Crippen molar-refractivity contribution in [3.05, 3.63) is 49.4 Å². The lowest BCUT2D eigenvalue weighted by molar-refractivity contribution is 0.597. The minimum Gasteiger partial charge on any atom is -0.301 e. The van der Waals surface area contributed by atoms with Crippen molar-refractivity contribution in [3.8, 4) is 0 Å². The number of nitrogens with zero attached hydrogens (tertiary/aromatic N) is 1. The van der Waals surface area contributed by atoms with Crippen molar-refractivity contribution in [2.45, 2.75) is 45.2 Å². The highest BCUT2D eigenvalue weighted by Crippen LogP contribution is 2.37. The molecular formula is C16H18Cl2N2S. The molecule has 0 aliphatic heterocycles. The van der Waals surface area contributed by atoms with Crippen LogP contribution in [0.1, 0.15) is 46.9 Å². The van der Waals surface area contributed by atoms with Crippen LogP contribution in [0.3, 0.4) is 0 Å². The lowest BCUT2D eigenvalue weighted by Gasteiger charge is -2.18. The smallest absolute Gasteiger partial charge is 0.115 e. The van der Waals surface area contributed by atoms with E-state index >= 15 is 0 Å². The third-order valence-corrected chi connectivity index (χ3v) is 5.67. The summed E-state index contributed by atoms with van der Waals surface area (Å²) in [5, 5.41) is 5.97. The zero-order valence-electron chi connectivity index (χ0n) is 12.1. The van der Waals surface area contributed by atoms with Crippen LogP contribution >= 0.6 is 34.5 Å². The zero-order chi connectivity index (χ0) is 15.0. The van der Waals surface area contributed by atoms with Gasteiger partial charge in [0.25, 0.3) is 0 Å². The van der Waals surface area contributed by atoms with Gasteiger partial charge in [0, 0.05) is 10.9 Å². The van der Waals surface area contributed by atoms with Gasteiger partial charge in [-0.1, -0.05) is 42.3 Å². The number of hydrogen-bond acceptors (Lipinski definition) is 3. The molecule has 0 radical (unpaired) electrons. The number of thiazole rings is 1. The molecule has 1 aromatic carbocycles. The molecular weight excluding hydrogens is 323 g/mol. The van der Waals surface area contributed by atoms with Gasteiger partial charge in [-0.15, -0.1) is 11.3 Å². The minimum atomic E-state index is 0.0349. The Bertz CT molecular complexity index is 650. The quantitative estimate of drug-likeness (QED) is 0.812. The van der Waals surface area contributed by atoms with Crippen molar-refractivity contribution in [2.24, 2.45) is 0 Å². The molecule has 0 spiro atoms. The van der Waals surface area contributed by atoms with Crippen LogP contribution in [0.25, 0.3) is 0 Å². The number of aryl methyl sites for hydroxylation is 2. The molecule has 1 saturated carbocycles. The average Bonchev–Trinajstić information content (AvgIpc) is 3.21. The van der Waals surface area contributed by atoms with E-state index in [0.29, 0.717) is 16.1 Å². The van der Waals surface area contributed by atoms with Crippen LogP contribution in [0, 0.1) is 6.92 Å². The molecule has 1 unspecified atom stereocenters. The van der Waals surface area contributed by atoms with Gasteiger partial charge in [0.2, 0.25) is 0 Å². The molecule has 5 heteroatoms. The lowest BCUT2D eigenvalue weighted by Crippen LogP contribution is -2.24. The highest BCUT2D eigenvalue weighted by atomic mass is 35.5. The molecule has 1 aliphatic rings. The maximum atomic E-state index is 6.43. The molecule has 21 heavy (non-hydrogen) atoms. The standard InChI is InChI=1S/C16H18Cl2N2S/c1-3-13-9(2)21-16(20-13)15(19-10-7-8-10)11-5-4-6-12(17)14(11)18/h4-6,10,15,19H,3,7-8H2,1-2H3. The van der Waals surface area contributed by atoms with Crippen LogP contribution in [0.15, 0.2) is 18.2 Å². The molecule has 0 saturated heterocycles. The average molecular weight is 341 g/mol. The van der Waals surface area contributed by atoms with Crippen molar-refractivity contribution >= 4 is 34.5 Å². The van der Waals surface area contributed by atoms with E-state index in [1.54, 1.807) is 11.3 Å². The molecule has 1 fully saturated rings. The topological polar surface area (TPSA) is 24.9 Å². The van der Waals surface area contributed by atoms with E-state index in [-0.39, 0.29) is 6.04 Å². The fourth-order valence-corrected chi connectivity index (χ4v) is 3.93. The van der Waals surface area contributed by atoms with Gasteiger partial charge in [-0.05, 0) is 37.8 Å². The van der Waals surface area contributed by atoms with Crippen molar-refractivity contribution in [1.82, 2.24) is 10.3 Å². The van der Waals surface area contributed by atoms with Gasteiger partial charge in [0.05, 0.1) is 21.8 Å². The second kappa shape index (κ2) is 6.25. The van der Waals surface area contributed by atoms with Crippen LogP contribution in [-0.4, -0.2) is 11.0 Å². The number of hydrogen-bond donors (Lipinski definition) is 1. The van der Waals surface area contributed by atoms with E-state index in [2.05, 4.69) is 19.2 Å². The number of aromatic nitrogens is 1. The molecule has 1 N–H and O–H groups in total. The predicted octanol–water partition coefficient (Wildman–Crippen LogP) is 5.16. The van der Waals surface area contributed by atoms with Gasteiger partial charge in [-0.2, -0.15) is 0 Å². The SMILES string of the molecule is CCc1nc(C(NC2CC2)c2cccc(Cl)c2Cl)sc1C. The summed E-state index contributed by atoms with van der Waals surface area (Å²) >= 11 is 14.4. The summed E-state index contributed by atoms with van der Waals surface area (Å²) in [6.45, 7) is 4.27. The molecule has 2 aromatic rings.